The topological polar surface area (TPSA) is 33.1 Å². The average molecular weight is 488 g/mol. The van der Waals surface area contributed by atoms with Crippen molar-refractivity contribution in [2.75, 3.05) is 0 Å². The summed E-state index contributed by atoms with van der Waals surface area (Å²) in [5, 5.41) is 11.2. The number of nitrogens with zero attached hydrogens (tertiary/aromatic N) is 1. The Kier molecular flexibility index (Phi) is 5.74. The van der Waals surface area contributed by atoms with Crippen LogP contribution in [0.15, 0.2) is 48.5 Å². The molecule has 2 unspecified atom stereocenters. The van der Waals surface area contributed by atoms with Gasteiger partial charge in [-0.2, -0.15) is 13.2 Å². The van der Waals surface area contributed by atoms with Crippen molar-refractivity contribution in [2.45, 2.75) is 63.9 Å². The lowest BCUT2D eigenvalue weighted by Gasteiger charge is -2.37. The predicted molar refractivity (Wildman–Crippen MR) is 123 cm³/mol. The van der Waals surface area contributed by atoms with Crippen LogP contribution >= 0.6 is 0 Å². The fraction of sp³-hybridized carbons (Fsp3) is 0.393. The summed E-state index contributed by atoms with van der Waals surface area (Å²) in [5.74, 6) is -0.397. The van der Waals surface area contributed by atoms with E-state index in [1.54, 1.807) is 12.1 Å². The summed E-state index contributed by atoms with van der Waals surface area (Å²) in [6.07, 6.45) is -4.44. The van der Waals surface area contributed by atoms with Crippen LogP contribution < -0.4 is 0 Å². The highest BCUT2D eigenvalue weighted by Gasteiger charge is 2.40. The van der Waals surface area contributed by atoms with E-state index in [1.165, 1.54) is 12.1 Å². The van der Waals surface area contributed by atoms with Crippen molar-refractivity contribution in [1.82, 2.24) is 4.98 Å². The number of aliphatic hydroxyl groups excluding tert-OH is 1. The van der Waals surface area contributed by atoms with Crippen molar-refractivity contribution in [3.63, 3.8) is 0 Å². The number of halogens is 5. The largest absolute Gasteiger partial charge is 0.416 e. The number of aromatic nitrogens is 1. The Bertz CT molecular complexity index is 1240. The summed E-state index contributed by atoms with van der Waals surface area (Å²) in [6, 6.07) is 9.72. The summed E-state index contributed by atoms with van der Waals surface area (Å²) in [7, 11) is 0. The number of fused-ring (bicyclic) bond motifs is 1. The second-order valence-electron chi connectivity index (χ2n) is 10.5. The van der Waals surface area contributed by atoms with E-state index in [0.29, 0.717) is 40.9 Å². The molecule has 0 radical (unpaired) electrons. The van der Waals surface area contributed by atoms with E-state index in [4.69, 9.17) is 4.98 Å². The molecule has 1 saturated carbocycles. The van der Waals surface area contributed by atoms with Gasteiger partial charge >= 0.3 is 6.18 Å². The molecule has 3 aromatic rings. The maximum atomic E-state index is 16.3. The van der Waals surface area contributed by atoms with Crippen molar-refractivity contribution in [2.24, 2.45) is 5.41 Å². The first-order valence-corrected chi connectivity index (χ1v) is 11.8. The van der Waals surface area contributed by atoms with E-state index >= 15 is 4.39 Å². The van der Waals surface area contributed by atoms with Crippen LogP contribution in [0.2, 0.25) is 0 Å². The molecule has 7 heteroatoms. The summed E-state index contributed by atoms with van der Waals surface area (Å²) in [4.78, 5) is 4.87. The number of rotatable bonds is 4. The fourth-order valence-corrected chi connectivity index (χ4v) is 5.19. The van der Waals surface area contributed by atoms with E-state index in [0.717, 1.165) is 37.1 Å². The van der Waals surface area contributed by atoms with E-state index in [2.05, 4.69) is 0 Å². The predicted octanol–water partition coefficient (Wildman–Crippen LogP) is 7.85. The molecular formula is C28H26F5NO. The van der Waals surface area contributed by atoms with Crippen molar-refractivity contribution in [3.05, 3.63) is 88.0 Å². The fourth-order valence-electron chi connectivity index (χ4n) is 5.19. The molecule has 0 bridgehead atoms. The lowest BCUT2D eigenvalue weighted by molar-refractivity contribution is -0.137. The molecule has 2 aliphatic carbocycles. The second-order valence-corrected chi connectivity index (χ2v) is 10.5. The van der Waals surface area contributed by atoms with Gasteiger partial charge in [0.1, 0.15) is 5.82 Å². The molecule has 5 rings (SSSR count). The van der Waals surface area contributed by atoms with E-state index in [-0.39, 0.29) is 22.5 Å². The van der Waals surface area contributed by atoms with Crippen LogP contribution in [0.25, 0.3) is 11.1 Å². The van der Waals surface area contributed by atoms with Gasteiger partial charge in [-0.25, -0.2) is 8.78 Å². The van der Waals surface area contributed by atoms with E-state index in [1.807, 2.05) is 13.8 Å². The zero-order chi connectivity index (χ0) is 25.1. The monoisotopic (exact) mass is 487 g/mol. The van der Waals surface area contributed by atoms with Gasteiger partial charge in [0.25, 0.3) is 0 Å². The Labute approximate surface area is 200 Å². The molecule has 1 aromatic heterocycles. The maximum Gasteiger partial charge on any atom is 0.416 e. The minimum absolute atomic E-state index is 0.0457. The quantitative estimate of drug-likeness (QED) is 0.380. The first kappa shape index (κ1) is 23.9. The standard InChI is InChI=1S/C28H26F5NO/c1-27(2)13-20-23(21(35)14-27)22(15-7-11-19(29)12-8-15)24(26(34-20)17-3-4-17)25(30)16-5-9-18(10-6-16)28(31,32)33/h5-12,17,21,25,35H,3-4,13-14H2,1-2H3. The highest BCUT2D eigenvalue weighted by Crippen LogP contribution is 2.52. The molecule has 35 heavy (non-hydrogen) atoms. The Balaban J connectivity index is 1.75. The van der Waals surface area contributed by atoms with Crippen LogP contribution in [0, 0.1) is 11.2 Å². The molecule has 2 aromatic carbocycles. The Morgan fingerprint density at radius 2 is 1.63 bits per heavy atom. The third-order valence-corrected chi connectivity index (χ3v) is 6.99. The van der Waals surface area contributed by atoms with Crippen LogP contribution in [0.5, 0.6) is 0 Å². The van der Waals surface area contributed by atoms with Gasteiger partial charge in [-0.1, -0.05) is 38.1 Å². The molecule has 0 amide bonds. The lowest BCUT2D eigenvalue weighted by atomic mass is 9.72. The van der Waals surface area contributed by atoms with Crippen LogP contribution in [-0.2, 0) is 12.6 Å². The van der Waals surface area contributed by atoms with Crippen molar-refractivity contribution < 1.29 is 27.1 Å². The summed E-state index contributed by atoms with van der Waals surface area (Å²) >= 11 is 0. The second kappa shape index (κ2) is 8.40. The molecule has 2 atom stereocenters. The van der Waals surface area contributed by atoms with Crippen LogP contribution in [0.4, 0.5) is 22.0 Å². The Morgan fingerprint density at radius 1 is 1.00 bits per heavy atom. The summed E-state index contributed by atoms with van der Waals surface area (Å²) in [6.45, 7) is 4.09. The van der Waals surface area contributed by atoms with Crippen molar-refractivity contribution >= 4 is 0 Å². The first-order chi connectivity index (χ1) is 16.4. The van der Waals surface area contributed by atoms with E-state index in [9.17, 15) is 22.7 Å². The Morgan fingerprint density at radius 3 is 2.20 bits per heavy atom. The minimum Gasteiger partial charge on any atom is -0.388 e. The van der Waals surface area contributed by atoms with Crippen LogP contribution in [0.1, 0.15) is 84.9 Å². The summed E-state index contributed by atoms with van der Waals surface area (Å²) < 4.78 is 69.3. The molecule has 1 heterocycles. The average Bonchev–Trinajstić information content (AvgIpc) is 3.62. The van der Waals surface area contributed by atoms with Gasteiger partial charge in [-0.3, -0.25) is 4.98 Å². The highest BCUT2D eigenvalue weighted by atomic mass is 19.4. The minimum atomic E-state index is -4.52. The molecule has 0 saturated heterocycles. The zero-order valence-corrected chi connectivity index (χ0v) is 19.5. The lowest BCUT2D eigenvalue weighted by Crippen LogP contribution is -2.28. The number of benzene rings is 2. The zero-order valence-electron chi connectivity index (χ0n) is 19.5. The van der Waals surface area contributed by atoms with E-state index < -0.39 is 29.8 Å². The van der Waals surface area contributed by atoms with Crippen LogP contribution in [0.3, 0.4) is 0 Å². The molecular weight excluding hydrogens is 461 g/mol. The number of hydrogen-bond donors (Lipinski definition) is 1. The number of aliphatic hydroxyl groups is 1. The van der Waals surface area contributed by atoms with Crippen molar-refractivity contribution in [1.29, 1.82) is 0 Å². The smallest absolute Gasteiger partial charge is 0.388 e. The van der Waals surface area contributed by atoms with Gasteiger partial charge < -0.3 is 5.11 Å². The van der Waals surface area contributed by atoms with Gasteiger partial charge in [0.2, 0.25) is 0 Å². The molecule has 184 valence electrons. The highest BCUT2D eigenvalue weighted by molar-refractivity contribution is 5.75. The number of hydrogen-bond acceptors (Lipinski definition) is 2. The number of alkyl halides is 4. The van der Waals surface area contributed by atoms with Gasteiger partial charge in [-0.15, -0.1) is 0 Å². The molecule has 0 aliphatic heterocycles. The SMILES string of the molecule is CC1(C)Cc2nc(C3CC3)c(C(F)c3ccc(C(F)(F)F)cc3)c(-c3ccc(F)cc3)c2C(O)C1. The van der Waals surface area contributed by atoms with Gasteiger partial charge in [0, 0.05) is 22.7 Å². The van der Waals surface area contributed by atoms with Crippen molar-refractivity contribution in [3.8, 4) is 11.1 Å². The van der Waals surface area contributed by atoms with Crippen LogP contribution in [-0.4, -0.2) is 10.1 Å². The third-order valence-electron chi connectivity index (χ3n) is 6.99. The molecule has 2 nitrogen and oxygen atoms in total. The maximum absolute atomic E-state index is 16.3. The van der Waals surface area contributed by atoms with Gasteiger partial charge in [0.15, 0.2) is 6.17 Å². The molecule has 2 aliphatic rings. The molecule has 1 fully saturated rings. The number of pyridine rings is 1. The van der Waals surface area contributed by atoms with Gasteiger partial charge in [0.05, 0.1) is 17.4 Å². The molecule has 0 spiro atoms. The van der Waals surface area contributed by atoms with Gasteiger partial charge in [-0.05, 0) is 72.1 Å². The Hall–Kier alpha value is -2.80. The normalized spacial score (nSPS) is 20.4. The molecule has 1 N–H and O–H groups in total. The first-order valence-electron chi connectivity index (χ1n) is 11.8. The third kappa shape index (κ3) is 4.58. The summed E-state index contributed by atoms with van der Waals surface area (Å²) in [5.41, 5.74) is 2.14.